The largest absolute Gasteiger partial charge is 0.492 e. The highest BCUT2D eigenvalue weighted by molar-refractivity contribution is 5.81. The molecule has 31 heavy (non-hydrogen) atoms. The number of rotatable bonds is 8. The summed E-state index contributed by atoms with van der Waals surface area (Å²) < 4.78 is 37.6. The number of carboxylic acids is 1. The lowest BCUT2D eigenvalue weighted by molar-refractivity contribution is -0.192. The van der Waals surface area contributed by atoms with Crippen molar-refractivity contribution in [3.05, 3.63) is 48.8 Å². The molecule has 0 saturated carbocycles. The molecular formula is C22H26F3N3O3. The number of H-pyrrole nitrogens is 1. The summed E-state index contributed by atoms with van der Waals surface area (Å²) >= 11 is 0. The number of aliphatic carboxylic acids is 1. The maximum atomic E-state index is 10.6. The minimum absolute atomic E-state index is 0.681. The Bertz CT molecular complexity index is 971. The van der Waals surface area contributed by atoms with Gasteiger partial charge >= 0.3 is 12.1 Å². The molecule has 0 saturated heterocycles. The van der Waals surface area contributed by atoms with Gasteiger partial charge in [0.05, 0.1) is 17.4 Å². The van der Waals surface area contributed by atoms with E-state index in [4.69, 9.17) is 14.6 Å². The number of aromatic amines is 1. The van der Waals surface area contributed by atoms with Gasteiger partial charge in [-0.3, -0.25) is 0 Å². The van der Waals surface area contributed by atoms with Crippen LogP contribution in [0.1, 0.15) is 20.3 Å². The number of ether oxygens (including phenoxy) is 1. The molecule has 9 heteroatoms. The summed E-state index contributed by atoms with van der Waals surface area (Å²) in [5.74, 6) is -1.12. The Balaban J connectivity index is 0.000000423. The van der Waals surface area contributed by atoms with Gasteiger partial charge in [-0.1, -0.05) is 32.0 Å². The number of carboxylic acid groups (broad SMARTS) is 1. The van der Waals surface area contributed by atoms with Crippen LogP contribution in [0, 0.1) is 5.92 Å². The molecule has 1 heterocycles. The van der Waals surface area contributed by atoms with E-state index in [1.807, 2.05) is 12.1 Å². The summed E-state index contributed by atoms with van der Waals surface area (Å²) in [7, 11) is 0. The quantitative estimate of drug-likeness (QED) is 0.438. The number of imidazole rings is 1. The number of nitrogens with one attached hydrogen (secondary N) is 2. The highest BCUT2D eigenvalue weighted by Crippen LogP contribution is 2.26. The number of hydrogen-bond donors (Lipinski definition) is 3. The van der Waals surface area contributed by atoms with Gasteiger partial charge in [0.1, 0.15) is 12.4 Å². The molecule has 0 aliphatic carbocycles. The molecule has 0 aliphatic rings. The molecule has 168 valence electrons. The van der Waals surface area contributed by atoms with Crippen molar-refractivity contribution in [3.63, 3.8) is 0 Å². The van der Waals surface area contributed by atoms with Crippen LogP contribution in [-0.4, -0.2) is 46.9 Å². The van der Waals surface area contributed by atoms with Crippen LogP contribution >= 0.6 is 0 Å². The molecule has 2 aromatic carbocycles. The fourth-order valence-corrected chi connectivity index (χ4v) is 2.63. The maximum absolute atomic E-state index is 10.6. The van der Waals surface area contributed by atoms with Crippen molar-refractivity contribution < 1.29 is 27.8 Å². The molecule has 0 amide bonds. The molecule has 0 radical (unpaired) electrons. The van der Waals surface area contributed by atoms with Gasteiger partial charge in [-0.15, -0.1) is 0 Å². The topological polar surface area (TPSA) is 87.2 Å². The third-order valence-corrected chi connectivity index (χ3v) is 4.28. The Morgan fingerprint density at radius 2 is 1.87 bits per heavy atom. The van der Waals surface area contributed by atoms with Gasteiger partial charge in [0.2, 0.25) is 0 Å². The van der Waals surface area contributed by atoms with Crippen molar-refractivity contribution in [1.82, 2.24) is 15.3 Å². The summed E-state index contributed by atoms with van der Waals surface area (Å²) in [6, 6.07) is 14.5. The molecule has 0 spiro atoms. The lowest BCUT2D eigenvalue weighted by Gasteiger charge is -2.10. The summed E-state index contributed by atoms with van der Waals surface area (Å²) in [6.45, 7) is 7.08. The zero-order valence-corrected chi connectivity index (χ0v) is 17.4. The predicted octanol–water partition coefficient (Wildman–Crippen LogP) is 4.88. The molecule has 6 nitrogen and oxygen atoms in total. The third-order valence-electron chi connectivity index (χ3n) is 4.28. The van der Waals surface area contributed by atoms with Gasteiger partial charge < -0.3 is 20.1 Å². The number of halogens is 3. The Morgan fingerprint density at radius 3 is 2.55 bits per heavy atom. The number of benzene rings is 2. The van der Waals surface area contributed by atoms with E-state index < -0.39 is 12.1 Å². The Morgan fingerprint density at radius 1 is 1.16 bits per heavy atom. The molecule has 0 unspecified atom stereocenters. The Kier molecular flexibility index (Phi) is 8.87. The Labute approximate surface area is 178 Å². The average Bonchev–Trinajstić information content (AvgIpc) is 3.18. The number of carbonyl (C=O) groups is 1. The monoisotopic (exact) mass is 437 g/mol. The summed E-state index contributed by atoms with van der Waals surface area (Å²) in [5, 5.41) is 10.5. The standard InChI is InChI=1S/C20H25N3O.C2HF3O2/c1-15(2)8-9-21-10-11-24-18-5-3-4-16(12-18)17-6-7-19-20(13-17)23-14-22-19;3-2(4,5)1(6)7/h3-7,12-15,21H,8-11H2,1-2H3,(H,22,23);(H,6,7). The van der Waals surface area contributed by atoms with E-state index >= 15 is 0 Å². The summed E-state index contributed by atoms with van der Waals surface area (Å²) in [5.41, 5.74) is 4.33. The third kappa shape index (κ3) is 8.29. The number of hydrogen-bond acceptors (Lipinski definition) is 4. The van der Waals surface area contributed by atoms with Crippen LogP contribution in [0.15, 0.2) is 48.8 Å². The highest BCUT2D eigenvalue weighted by atomic mass is 19.4. The van der Waals surface area contributed by atoms with Gasteiger partial charge in [-0.05, 0) is 54.3 Å². The molecule has 0 fully saturated rings. The molecule has 3 aromatic rings. The highest BCUT2D eigenvalue weighted by Gasteiger charge is 2.38. The SMILES string of the molecule is CC(C)CCNCCOc1cccc(-c2ccc3[nH]cnc3c2)c1.O=C(O)C(F)(F)F. The zero-order valence-electron chi connectivity index (χ0n) is 17.4. The minimum atomic E-state index is -5.08. The maximum Gasteiger partial charge on any atom is 0.490 e. The fraction of sp³-hybridized carbons (Fsp3) is 0.364. The number of fused-ring (bicyclic) bond motifs is 1. The van der Waals surface area contributed by atoms with Crippen molar-refractivity contribution in [2.75, 3.05) is 19.7 Å². The van der Waals surface area contributed by atoms with E-state index in [9.17, 15) is 13.2 Å². The lowest BCUT2D eigenvalue weighted by atomic mass is 10.0. The second-order valence-electron chi connectivity index (χ2n) is 7.25. The van der Waals surface area contributed by atoms with Crippen molar-refractivity contribution >= 4 is 17.0 Å². The fourth-order valence-electron chi connectivity index (χ4n) is 2.63. The normalized spacial score (nSPS) is 11.3. The number of alkyl halides is 3. The minimum Gasteiger partial charge on any atom is -0.492 e. The van der Waals surface area contributed by atoms with Crippen LogP contribution in [0.3, 0.4) is 0 Å². The number of aromatic nitrogens is 2. The van der Waals surface area contributed by atoms with E-state index in [0.717, 1.165) is 46.9 Å². The van der Waals surface area contributed by atoms with Crippen molar-refractivity contribution in [2.24, 2.45) is 5.92 Å². The zero-order chi connectivity index (χ0) is 22.9. The average molecular weight is 437 g/mol. The Hall–Kier alpha value is -3.07. The van der Waals surface area contributed by atoms with E-state index in [1.54, 1.807) is 6.33 Å². The van der Waals surface area contributed by atoms with Crippen LogP contribution in [0.4, 0.5) is 13.2 Å². The number of nitrogens with zero attached hydrogens (tertiary/aromatic N) is 1. The first kappa shape index (κ1) is 24.2. The van der Waals surface area contributed by atoms with Gasteiger partial charge in [0.25, 0.3) is 0 Å². The first-order valence-electron chi connectivity index (χ1n) is 9.84. The van der Waals surface area contributed by atoms with Crippen molar-refractivity contribution in [3.8, 4) is 16.9 Å². The van der Waals surface area contributed by atoms with Gasteiger partial charge in [0.15, 0.2) is 0 Å². The van der Waals surface area contributed by atoms with E-state index in [-0.39, 0.29) is 0 Å². The first-order valence-corrected chi connectivity index (χ1v) is 9.84. The van der Waals surface area contributed by atoms with E-state index in [0.29, 0.717) is 6.61 Å². The van der Waals surface area contributed by atoms with Crippen LogP contribution in [-0.2, 0) is 4.79 Å². The lowest BCUT2D eigenvalue weighted by Crippen LogP contribution is -2.23. The van der Waals surface area contributed by atoms with Crippen LogP contribution in [0.5, 0.6) is 5.75 Å². The van der Waals surface area contributed by atoms with Crippen LogP contribution in [0.2, 0.25) is 0 Å². The van der Waals surface area contributed by atoms with Crippen LogP contribution < -0.4 is 10.1 Å². The molecule has 3 rings (SSSR count). The second-order valence-corrected chi connectivity index (χ2v) is 7.25. The second kappa shape index (κ2) is 11.4. The van der Waals surface area contributed by atoms with Crippen molar-refractivity contribution in [2.45, 2.75) is 26.4 Å². The van der Waals surface area contributed by atoms with Gasteiger partial charge in [-0.25, -0.2) is 9.78 Å². The van der Waals surface area contributed by atoms with Crippen LogP contribution in [0.25, 0.3) is 22.2 Å². The van der Waals surface area contributed by atoms with Crippen molar-refractivity contribution in [1.29, 1.82) is 0 Å². The molecular weight excluding hydrogens is 411 g/mol. The van der Waals surface area contributed by atoms with Gasteiger partial charge in [-0.2, -0.15) is 13.2 Å². The molecule has 1 aromatic heterocycles. The smallest absolute Gasteiger partial charge is 0.490 e. The van der Waals surface area contributed by atoms with Gasteiger partial charge in [0, 0.05) is 6.54 Å². The summed E-state index contributed by atoms with van der Waals surface area (Å²) in [6.07, 6.45) is -2.16. The molecule has 3 N–H and O–H groups in total. The predicted molar refractivity (Wildman–Crippen MR) is 113 cm³/mol. The molecule has 0 bridgehead atoms. The summed E-state index contributed by atoms with van der Waals surface area (Å²) in [4.78, 5) is 16.3. The first-order chi connectivity index (χ1) is 14.7. The molecule has 0 atom stereocenters. The van der Waals surface area contributed by atoms with E-state index in [1.165, 1.54) is 6.42 Å². The molecule has 0 aliphatic heterocycles. The van der Waals surface area contributed by atoms with E-state index in [2.05, 4.69) is 59.5 Å².